The predicted octanol–water partition coefficient (Wildman–Crippen LogP) is 5.89. The summed E-state index contributed by atoms with van der Waals surface area (Å²) >= 11 is 13.2. The molecular formula is C25H20Cl2N4O4S2. The zero-order chi connectivity index (χ0) is 26.0. The normalized spacial score (nSPS) is 15.1. The molecule has 8 nitrogen and oxygen atoms in total. The van der Waals surface area contributed by atoms with Gasteiger partial charge in [-0.1, -0.05) is 64.9 Å². The van der Waals surface area contributed by atoms with E-state index in [9.17, 15) is 13.2 Å². The molecule has 0 fully saturated rings. The van der Waals surface area contributed by atoms with Gasteiger partial charge in [-0.2, -0.15) is 0 Å². The van der Waals surface area contributed by atoms with Crippen LogP contribution in [-0.2, 0) is 21.2 Å². The van der Waals surface area contributed by atoms with Gasteiger partial charge in [-0.15, -0.1) is 10.2 Å². The highest BCUT2D eigenvalue weighted by Gasteiger charge is 2.28. The molecule has 37 heavy (non-hydrogen) atoms. The van der Waals surface area contributed by atoms with Crippen molar-refractivity contribution in [2.24, 2.45) is 5.92 Å². The number of ether oxygens (including phenoxy) is 1. The maximum atomic E-state index is 13.1. The first kappa shape index (κ1) is 25.5. The molecule has 1 aliphatic heterocycles. The summed E-state index contributed by atoms with van der Waals surface area (Å²) in [6.45, 7) is 0.259. The molecule has 12 heteroatoms. The number of hydrogen-bond acceptors (Lipinski definition) is 7. The van der Waals surface area contributed by atoms with Crippen molar-refractivity contribution in [3.63, 3.8) is 0 Å². The Balaban J connectivity index is 1.26. The lowest BCUT2D eigenvalue weighted by Gasteiger charge is -2.25. The maximum absolute atomic E-state index is 13.1. The Hall–Kier alpha value is -3.18. The SMILES string of the molecule is O=C1Nc2ccc(S(=O)(=O)Nc3nnc(-c4ccccc4)s3)cc2CC1CCOc1ccc(Cl)cc1Cl. The number of anilines is 2. The molecule has 3 aromatic carbocycles. The highest BCUT2D eigenvalue weighted by atomic mass is 35.5. The van der Waals surface area contributed by atoms with Crippen LogP contribution in [0.25, 0.3) is 10.6 Å². The highest BCUT2D eigenvalue weighted by molar-refractivity contribution is 7.93. The molecule has 4 aromatic rings. The molecule has 2 N–H and O–H groups in total. The second-order valence-corrected chi connectivity index (χ2v) is 11.8. The largest absolute Gasteiger partial charge is 0.492 e. The third kappa shape index (κ3) is 5.88. The summed E-state index contributed by atoms with van der Waals surface area (Å²) in [5.41, 5.74) is 2.16. The highest BCUT2D eigenvalue weighted by Crippen LogP contribution is 2.32. The predicted molar refractivity (Wildman–Crippen MR) is 145 cm³/mol. The van der Waals surface area contributed by atoms with Crippen LogP contribution in [0.3, 0.4) is 0 Å². The molecule has 0 bridgehead atoms. The molecule has 0 aliphatic carbocycles. The van der Waals surface area contributed by atoms with Gasteiger partial charge in [0, 0.05) is 22.2 Å². The van der Waals surface area contributed by atoms with E-state index >= 15 is 0 Å². The van der Waals surface area contributed by atoms with Crippen LogP contribution in [0, 0.1) is 5.92 Å². The zero-order valence-electron chi connectivity index (χ0n) is 19.1. The van der Waals surface area contributed by atoms with Gasteiger partial charge >= 0.3 is 0 Å². The fourth-order valence-electron chi connectivity index (χ4n) is 3.89. The number of aromatic nitrogens is 2. The monoisotopic (exact) mass is 574 g/mol. The molecule has 1 aromatic heterocycles. The number of hydrogen-bond donors (Lipinski definition) is 2. The van der Waals surface area contributed by atoms with Gasteiger partial charge in [0.15, 0.2) is 0 Å². The summed E-state index contributed by atoms with van der Waals surface area (Å²) in [7, 11) is -3.91. The Morgan fingerprint density at radius 1 is 1.05 bits per heavy atom. The minimum absolute atomic E-state index is 0.0711. The first-order valence-corrected chi connectivity index (χ1v) is 14.3. The number of nitrogens with zero attached hydrogens (tertiary/aromatic N) is 2. The summed E-state index contributed by atoms with van der Waals surface area (Å²) in [6, 6.07) is 18.9. The van der Waals surface area contributed by atoms with Crippen molar-refractivity contribution in [3.05, 3.63) is 82.3 Å². The average Bonchev–Trinajstić information content (AvgIpc) is 3.33. The lowest BCUT2D eigenvalue weighted by atomic mass is 9.91. The molecular weight excluding hydrogens is 555 g/mol. The van der Waals surface area contributed by atoms with Gasteiger partial charge in [-0.3, -0.25) is 9.52 Å². The van der Waals surface area contributed by atoms with Gasteiger partial charge in [0.2, 0.25) is 11.0 Å². The maximum Gasteiger partial charge on any atom is 0.263 e. The summed E-state index contributed by atoms with van der Waals surface area (Å²) < 4.78 is 34.3. The van der Waals surface area contributed by atoms with Crippen LogP contribution >= 0.6 is 34.5 Å². The summed E-state index contributed by atoms with van der Waals surface area (Å²) in [6.07, 6.45) is 0.797. The summed E-state index contributed by atoms with van der Waals surface area (Å²) in [5, 5.41) is 12.6. The fourth-order valence-corrected chi connectivity index (χ4v) is 6.39. The third-order valence-corrected chi connectivity index (χ3v) is 8.65. The van der Waals surface area contributed by atoms with Crippen molar-refractivity contribution in [1.82, 2.24) is 10.2 Å². The Bertz CT molecular complexity index is 1560. The molecule has 1 atom stereocenters. The molecule has 190 valence electrons. The van der Waals surface area contributed by atoms with Crippen molar-refractivity contribution in [3.8, 4) is 16.3 Å². The second-order valence-electron chi connectivity index (χ2n) is 8.31. The zero-order valence-corrected chi connectivity index (χ0v) is 22.3. The van der Waals surface area contributed by atoms with Crippen LogP contribution in [-0.4, -0.2) is 31.1 Å². The van der Waals surface area contributed by atoms with Crippen LogP contribution in [0.5, 0.6) is 5.75 Å². The van der Waals surface area contributed by atoms with Gasteiger partial charge in [-0.05, 0) is 54.8 Å². The lowest BCUT2D eigenvalue weighted by molar-refractivity contribution is -0.120. The van der Waals surface area contributed by atoms with Gasteiger partial charge in [0.25, 0.3) is 10.0 Å². The molecule has 0 spiro atoms. The Labute approximate surface area is 227 Å². The Morgan fingerprint density at radius 2 is 1.86 bits per heavy atom. The molecule has 0 saturated carbocycles. The molecule has 5 rings (SSSR count). The van der Waals surface area contributed by atoms with Gasteiger partial charge in [0.1, 0.15) is 10.8 Å². The number of fused-ring (bicyclic) bond motifs is 1. The summed E-state index contributed by atoms with van der Waals surface area (Å²) in [4.78, 5) is 12.7. The number of halogens is 2. The van der Waals surface area contributed by atoms with E-state index in [1.54, 1.807) is 30.3 Å². The molecule has 1 unspecified atom stereocenters. The first-order valence-electron chi connectivity index (χ1n) is 11.2. The number of rotatable bonds is 8. The number of benzene rings is 3. The van der Waals surface area contributed by atoms with E-state index in [1.807, 2.05) is 30.3 Å². The van der Waals surface area contributed by atoms with E-state index < -0.39 is 10.0 Å². The van der Waals surface area contributed by atoms with Crippen molar-refractivity contribution in [2.75, 3.05) is 16.6 Å². The number of nitrogens with one attached hydrogen (secondary N) is 2. The van der Waals surface area contributed by atoms with E-state index in [0.717, 1.165) is 22.5 Å². The van der Waals surface area contributed by atoms with E-state index in [1.165, 1.54) is 6.07 Å². The Morgan fingerprint density at radius 3 is 2.65 bits per heavy atom. The molecule has 1 amide bonds. The molecule has 1 aliphatic rings. The number of amides is 1. The van der Waals surface area contributed by atoms with Gasteiger partial charge in [0.05, 0.1) is 16.5 Å². The average molecular weight is 575 g/mol. The van der Waals surface area contributed by atoms with Crippen molar-refractivity contribution in [1.29, 1.82) is 0 Å². The van der Waals surface area contributed by atoms with Crippen LogP contribution in [0.1, 0.15) is 12.0 Å². The number of carbonyl (C=O) groups is 1. The lowest BCUT2D eigenvalue weighted by Crippen LogP contribution is -2.31. The standard InChI is InChI=1S/C25H20Cl2N4O4S2/c26-18-6-9-22(20(27)14-18)35-11-10-16-12-17-13-19(7-8-21(17)28-23(16)32)37(33,34)31-25-30-29-24(36-25)15-4-2-1-3-5-15/h1-9,13-14,16H,10-12H2,(H,28,32)(H,30,31). The smallest absolute Gasteiger partial charge is 0.263 e. The van der Waals surface area contributed by atoms with E-state index in [0.29, 0.717) is 39.3 Å². The first-order chi connectivity index (χ1) is 17.8. The van der Waals surface area contributed by atoms with Crippen LogP contribution in [0.15, 0.2) is 71.6 Å². The minimum atomic E-state index is -3.91. The number of carbonyl (C=O) groups excluding carboxylic acids is 1. The summed E-state index contributed by atoms with van der Waals surface area (Å²) in [5.74, 6) is -0.0512. The topological polar surface area (TPSA) is 110 Å². The number of sulfonamides is 1. The second kappa shape index (κ2) is 10.7. The molecule has 2 heterocycles. The van der Waals surface area contributed by atoms with Crippen molar-refractivity contribution < 1.29 is 17.9 Å². The van der Waals surface area contributed by atoms with Gasteiger partial charge < -0.3 is 10.1 Å². The molecule has 0 saturated heterocycles. The van der Waals surface area contributed by atoms with E-state index in [2.05, 4.69) is 20.2 Å². The van der Waals surface area contributed by atoms with Crippen LogP contribution in [0.4, 0.5) is 10.8 Å². The van der Waals surface area contributed by atoms with Crippen molar-refractivity contribution in [2.45, 2.75) is 17.7 Å². The quantitative estimate of drug-likeness (QED) is 0.271. The fraction of sp³-hybridized carbons (Fsp3) is 0.160. The minimum Gasteiger partial charge on any atom is -0.492 e. The Kier molecular flexibility index (Phi) is 7.34. The van der Waals surface area contributed by atoms with E-state index in [-0.39, 0.29) is 28.5 Å². The third-order valence-electron chi connectivity index (χ3n) is 5.77. The van der Waals surface area contributed by atoms with E-state index in [4.69, 9.17) is 27.9 Å². The molecule has 0 radical (unpaired) electrons. The van der Waals surface area contributed by atoms with Crippen LogP contribution in [0.2, 0.25) is 10.0 Å². The van der Waals surface area contributed by atoms with Gasteiger partial charge in [-0.25, -0.2) is 8.42 Å². The van der Waals surface area contributed by atoms with Crippen LogP contribution < -0.4 is 14.8 Å². The van der Waals surface area contributed by atoms with Crippen molar-refractivity contribution >= 4 is 61.3 Å².